The molecule has 0 aliphatic heterocycles. The Morgan fingerprint density at radius 1 is 1.73 bits per heavy atom. The lowest BCUT2D eigenvalue weighted by Crippen LogP contribution is -2.40. The predicted octanol–water partition coefficient (Wildman–Crippen LogP) is -0.482. The summed E-state index contributed by atoms with van der Waals surface area (Å²) in [5, 5.41) is 11.9. The molecule has 0 saturated carbocycles. The highest BCUT2D eigenvalue weighted by Gasteiger charge is 2.17. The molecule has 0 aliphatic carbocycles. The summed E-state index contributed by atoms with van der Waals surface area (Å²) >= 11 is 0. The van der Waals surface area contributed by atoms with E-state index in [1.165, 1.54) is 14.0 Å². The number of aliphatic hydroxyl groups is 1. The third-order valence-electron chi connectivity index (χ3n) is 1.46. The molecular weight excluding hydrogens is 146 g/mol. The summed E-state index contributed by atoms with van der Waals surface area (Å²) in [6, 6.07) is -0.308. The number of carbonyl (C=O) groups excluding carboxylic acids is 1. The molecule has 2 N–H and O–H groups in total. The van der Waals surface area contributed by atoms with E-state index in [-0.39, 0.29) is 18.2 Å². The number of likely N-dealkylation sites (N-methyl/N-ethyl adjacent to an activating group) is 1. The molecule has 4 nitrogen and oxygen atoms in total. The predicted molar refractivity (Wildman–Crippen MR) is 41.2 cm³/mol. The van der Waals surface area contributed by atoms with Crippen molar-refractivity contribution in [1.29, 1.82) is 0 Å². The van der Waals surface area contributed by atoms with Crippen molar-refractivity contribution < 1.29 is 14.6 Å². The highest BCUT2D eigenvalue weighted by atomic mass is 16.6. The van der Waals surface area contributed by atoms with Crippen LogP contribution in [0.1, 0.15) is 13.3 Å². The van der Waals surface area contributed by atoms with Gasteiger partial charge in [-0.05, 0) is 14.0 Å². The molecule has 0 heterocycles. The number of Topliss-reactive ketones (excluding diaryl/α,β-unsaturated/α-hetero) is 1. The average molecular weight is 161 g/mol. The van der Waals surface area contributed by atoms with Gasteiger partial charge in [0.15, 0.2) is 6.29 Å². The molecule has 0 bridgehead atoms. The number of carbonyl (C=O) groups is 1. The van der Waals surface area contributed by atoms with E-state index in [4.69, 9.17) is 5.11 Å². The van der Waals surface area contributed by atoms with Crippen molar-refractivity contribution in [2.24, 2.45) is 0 Å². The van der Waals surface area contributed by atoms with Crippen molar-refractivity contribution in [2.45, 2.75) is 25.7 Å². The number of aliphatic hydroxyl groups excluding tert-OH is 1. The number of methoxy groups -OCH3 is 1. The second kappa shape index (κ2) is 5.23. The number of ether oxygens (including phenoxy) is 1. The van der Waals surface area contributed by atoms with Crippen molar-refractivity contribution >= 4 is 5.78 Å². The zero-order chi connectivity index (χ0) is 8.85. The van der Waals surface area contributed by atoms with Crippen molar-refractivity contribution in [3.05, 3.63) is 0 Å². The van der Waals surface area contributed by atoms with Crippen molar-refractivity contribution in [3.8, 4) is 0 Å². The van der Waals surface area contributed by atoms with Crippen LogP contribution < -0.4 is 5.32 Å². The smallest absolute Gasteiger partial charge is 0.169 e. The van der Waals surface area contributed by atoms with Crippen LogP contribution in [0.5, 0.6) is 0 Å². The minimum Gasteiger partial charge on any atom is -0.367 e. The minimum absolute atomic E-state index is 0.0282. The fraction of sp³-hybridized carbons (Fsp3) is 0.857. The number of hydrogen-bond acceptors (Lipinski definition) is 4. The van der Waals surface area contributed by atoms with E-state index < -0.39 is 6.29 Å². The highest BCUT2D eigenvalue weighted by Crippen LogP contribution is 1.99. The fourth-order valence-electron chi connectivity index (χ4n) is 0.819. The normalized spacial score (nSPS) is 16.0. The van der Waals surface area contributed by atoms with Crippen LogP contribution in [0.2, 0.25) is 0 Å². The quantitative estimate of drug-likeness (QED) is 0.535. The average Bonchev–Trinajstić information content (AvgIpc) is 1.98. The van der Waals surface area contributed by atoms with E-state index in [2.05, 4.69) is 10.1 Å². The molecule has 0 aromatic rings. The van der Waals surface area contributed by atoms with Gasteiger partial charge in [0.05, 0.1) is 6.04 Å². The fourth-order valence-corrected chi connectivity index (χ4v) is 0.819. The summed E-state index contributed by atoms with van der Waals surface area (Å²) in [5.74, 6) is 0.0282. The van der Waals surface area contributed by atoms with Crippen LogP contribution in [0.3, 0.4) is 0 Å². The van der Waals surface area contributed by atoms with Crippen LogP contribution in [0.25, 0.3) is 0 Å². The third kappa shape index (κ3) is 4.08. The maximum atomic E-state index is 10.6. The van der Waals surface area contributed by atoms with Gasteiger partial charge >= 0.3 is 0 Å². The van der Waals surface area contributed by atoms with E-state index in [1.807, 2.05) is 0 Å². The number of nitrogens with one attached hydrogen (secondary N) is 1. The van der Waals surface area contributed by atoms with Crippen LogP contribution in [-0.2, 0) is 9.53 Å². The molecule has 0 amide bonds. The Bertz CT molecular complexity index is 127. The second-order valence-corrected chi connectivity index (χ2v) is 2.43. The van der Waals surface area contributed by atoms with Crippen LogP contribution >= 0.6 is 0 Å². The van der Waals surface area contributed by atoms with E-state index >= 15 is 0 Å². The zero-order valence-corrected chi connectivity index (χ0v) is 7.13. The van der Waals surface area contributed by atoms with Crippen molar-refractivity contribution in [1.82, 2.24) is 5.32 Å². The van der Waals surface area contributed by atoms with E-state index in [9.17, 15) is 4.79 Å². The molecule has 2 unspecified atom stereocenters. The van der Waals surface area contributed by atoms with E-state index in [1.54, 1.807) is 7.05 Å². The van der Waals surface area contributed by atoms with Gasteiger partial charge in [0, 0.05) is 13.5 Å². The summed E-state index contributed by atoms with van der Waals surface area (Å²) in [6.07, 6.45) is -0.630. The molecule has 66 valence electrons. The Labute approximate surface area is 66.5 Å². The first kappa shape index (κ1) is 10.6. The molecule has 0 aromatic heterocycles. The molecule has 0 spiro atoms. The summed E-state index contributed by atoms with van der Waals surface area (Å²) in [5.41, 5.74) is 0. The van der Waals surface area contributed by atoms with Gasteiger partial charge in [-0.2, -0.15) is 0 Å². The highest BCUT2D eigenvalue weighted by molar-refractivity contribution is 5.76. The van der Waals surface area contributed by atoms with Gasteiger partial charge in [-0.15, -0.1) is 0 Å². The summed E-state index contributed by atoms with van der Waals surface area (Å²) < 4.78 is 4.64. The minimum atomic E-state index is -0.913. The number of hydrogen-bond donors (Lipinski definition) is 2. The molecular formula is C7H15NO3. The first-order valence-electron chi connectivity index (χ1n) is 3.49. The maximum Gasteiger partial charge on any atom is 0.169 e. The van der Waals surface area contributed by atoms with Gasteiger partial charge < -0.3 is 15.2 Å². The molecule has 4 heteroatoms. The topological polar surface area (TPSA) is 58.6 Å². The third-order valence-corrected chi connectivity index (χ3v) is 1.46. The van der Waals surface area contributed by atoms with Crippen LogP contribution in [-0.4, -0.2) is 37.4 Å². The molecule has 0 rings (SSSR count). The summed E-state index contributed by atoms with van der Waals surface area (Å²) in [4.78, 5) is 10.6. The van der Waals surface area contributed by atoms with Gasteiger partial charge in [-0.1, -0.05) is 0 Å². The first-order valence-corrected chi connectivity index (χ1v) is 3.49. The van der Waals surface area contributed by atoms with Gasteiger partial charge in [0.1, 0.15) is 5.78 Å². The van der Waals surface area contributed by atoms with Gasteiger partial charge in [-0.3, -0.25) is 4.79 Å². The SMILES string of the molecule is CNC(CC(C)=O)C(O)OC. The van der Waals surface area contributed by atoms with Crippen LogP contribution in [0.15, 0.2) is 0 Å². The summed E-state index contributed by atoms with van der Waals surface area (Å²) in [6.45, 7) is 1.48. The number of ketones is 1. The lowest BCUT2D eigenvalue weighted by atomic mass is 10.1. The van der Waals surface area contributed by atoms with Crippen LogP contribution in [0.4, 0.5) is 0 Å². The zero-order valence-electron chi connectivity index (χ0n) is 7.13. The molecule has 0 aliphatic rings. The monoisotopic (exact) mass is 161 g/mol. The van der Waals surface area contributed by atoms with Crippen LogP contribution in [0, 0.1) is 0 Å². The largest absolute Gasteiger partial charge is 0.367 e. The lowest BCUT2D eigenvalue weighted by molar-refractivity contribution is -0.125. The lowest BCUT2D eigenvalue weighted by Gasteiger charge is -2.19. The Balaban J connectivity index is 3.84. The van der Waals surface area contributed by atoms with E-state index in [0.717, 1.165) is 0 Å². The van der Waals surface area contributed by atoms with Crippen molar-refractivity contribution in [2.75, 3.05) is 14.2 Å². The molecule has 2 atom stereocenters. The van der Waals surface area contributed by atoms with Gasteiger partial charge in [0.2, 0.25) is 0 Å². The summed E-state index contributed by atoms with van der Waals surface area (Å²) in [7, 11) is 3.07. The Kier molecular flexibility index (Phi) is 5.02. The Hall–Kier alpha value is -0.450. The molecule has 0 radical (unpaired) electrons. The van der Waals surface area contributed by atoms with Gasteiger partial charge in [0.25, 0.3) is 0 Å². The Morgan fingerprint density at radius 3 is 2.55 bits per heavy atom. The van der Waals surface area contributed by atoms with Gasteiger partial charge in [-0.25, -0.2) is 0 Å². The molecule has 11 heavy (non-hydrogen) atoms. The first-order chi connectivity index (χ1) is 5.11. The van der Waals surface area contributed by atoms with E-state index in [0.29, 0.717) is 0 Å². The maximum absolute atomic E-state index is 10.6. The molecule has 0 fully saturated rings. The molecule has 0 aromatic carbocycles. The standard InChI is InChI=1S/C7H15NO3/c1-5(9)4-6(8-2)7(10)11-3/h6-8,10H,4H2,1-3H3. The second-order valence-electron chi connectivity index (χ2n) is 2.43. The number of rotatable bonds is 5. The molecule has 0 saturated heterocycles. The Morgan fingerprint density at radius 2 is 2.27 bits per heavy atom. The van der Waals surface area contributed by atoms with Crippen molar-refractivity contribution in [3.63, 3.8) is 0 Å².